The van der Waals surface area contributed by atoms with Crippen LogP contribution in [-0.2, 0) is 70.0 Å². The predicted molar refractivity (Wildman–Crippen MR) is 233 cm³/mol. The molecule has 1 aliphatic heterocycles. The molecule has 0 aliphatic carbocycles. The lowest BCUT2D eigenvalue weighted by atomic mass is 9.96. The van der Waals surface area contributed by atoms with Gasteiger partial charge in [-0.3, -0.25) is 56.9 Å². The van der Waals surface area contributed by atoms with Gasteiger partial charge in [0.1, 0.15) is 42.0 Å². The molecule has 1 fully saturated rings. The van der Waals surface area contributed by atoms with Crippen LogP contribution in [0.4, 0.5) is 0 Å². The number of nitrogens with zero attached hydrogens (tertiary/aromatic N) is 1. The highest BCUT2D eigenvalue weighted by Gasteiger charge is 2.36. The molecule has 0 radical (unpaired) electrons. The Hall–Kier alpha value is -6.74. The number of benzene rings is 1. The lowest BCUT2D eigenvalue weighted by Crippen LogP contribution is -2.61. The fraction of sp³-hybridized carbons (Fsp3) is 0.564. The maximum Gasteiger partial charge on any atom is 0.245 e. The monoisotopic (exact) mass is 955 g/mol. The van der Waals surface area contributed by atoms with Crippen LogP contribution in [0.5, 0.6) is 5.75 Å². The van der Waals surface area contributed by atoms with E-state index < -0.39 is 170 Å². The van der Waals surface area contributed by atoms with Crippen molar-refractivity contribution in [2.45, 2.75) is 95.0 Å². The number of hydrogen-bond donors (Lipinski definition) is 12. The number of amides is 11. The largest absolute Gasteiger partial charge is 0.508 e. The summed E-state index contributed by atoms with van der Waals surface area (Å²) in [5.41, 5.74) is 16.3. The Labute approximate surface area is 381 Å². The normalized spacial score (nSPS) is 22.2. The Bertz CT molecular complexity index is 1960. The van der Waals surface area contributed by atoms with E-state index >= 15 is 0 Å². The van der Waals surface area contributed by atoms with Gasteiger partial charge in [0.2, 0.25) is 65.0 Å². The topological polar surface area (TPSA) is 442 Å². The maximum absolute atomic E-state index is 13.9. The van der Waals surface area contributed by atoms with Crippen LogP contribution >= 0.6 is 0 Å². The van der Waals surface area contributed by atoms with Crippen LogP contribution in [0.1, 0.15) is 57.9 Å². The molecule has 1 aliphatic rings. The number of aliphatic hydroxyl groups excluding tert-OH is 1. The molecule has 1 heterocycles. The zero-order chi connectivity index (χ0) is 49.0. The van der Waals surface area contributed by atoms with Crippen molar-refractivity contribution < 1.29 is 72.6 Å². The molecule has 1 saturated heterocycles. The third kappa shape index (κ3) is 20.0. The second kappa shape index (κ2) is 28.2. The second-order valence-electron chi connectivity index (χ2n) is 15.3. The molecule has 0 bridgehead atoms. The third-order valence-corrected chi connectivity index (χ3v) is 11.4. The Morgan fingerprint density at radius 1 is 0.833 bits per heavy atom. The highest BCUT2D eigenvalue weighted by Crippen LogP contribution is 2.14. The SMILES string of the molecule is CC[C@H](C)[C@@H]1NC(=O)[C@H](Cc2ccc(O)cc2)NC(=O)CCS(=O)CC[C@@H](C(=O)N(C)CC(=O)N[C@@H](CO)C(=O)NCC(N)=O)NC(=O)[C@H](CC(N)=O)NC(=O)[C@H](CCC(N)=O)NC1=O.O. The van der Waals surface area contributed by atoms with Crippen molar-refractivity contribution in [1.29, 1.82) is 0 Å². The van der Waals surface area contributed by atoms with Crippen molar-refractivity contribution in [3.8, 4) is 5.75 Å². The quantitative estimate of drug-likeness (QED) is 0.0691. The maximum atomic E-state index is 13.9. The number of rotatable bonds is 17. The van der Waals surface area contributed by atoms with Crippen LogP contribution in [0.25, 0.3) is 0 Å². The first kappa shape index (κ1) is 57.3. The Kier molecular flexibility index (Phi) is 24.5. The van der Waals surface area contributed by atoms with E-state index in [0.717, 1.165) is 11.9 Å². The molecule has 8 atom stereocenters. The number of hydrogen-bond acceptors (Lipinski definition) is 14. The van der Waals surface area contributed by atoms with Gasteiger partial charge < -0.3 is 75.0 Å². The zero-order valence-corrected chi connectivity index (χ0v) is 37.5. The van der Waals surface area contributed by atoms with Crippen LogP contribution in [0.2, 0.25) is 0 Å². The average molecular weight is 956 g/mol. The lowest BCUT2D eigenvalue weighted by Gasteiger charge is -2.29. The highest BCUT2D eigenvalue weighted by atomic mass is 32.2. The molecule has 2 rings (SSSR count). The summed E-state index contributed by atoms with van der Waals surface area (Å²) in [6.45, 7) is 1.04. The van der Waals surface area contributed by atoms with Crippen molar-refractivity contribution in [2.75, 3.05) is 38.2 Å². The standard InChI is InChI=1S/C39H59N11O14S.H2O/c1-4-20(2)33-38(62)46-23(9-10-28(40)53)35(59)48-26(16-29(41)54)36(60)47-24(39(63)50(3)18-32(57)45-27(19-51)34(58)43-17-30(42)55)11-13-65(64)14-12-31(56)44-25(37(61)49-33)15-21-5-7-22(52)8-6-21;/h5-8,20,23-27,33,51-52H,4,9-19H2,1-3H3,(H2,40,53)(H2,41,54)(H2,42,55)(H,43,58)(H,44,56)(H,45,57)(H,46,62)(H,47,60)(H,48,59)(H,49,61);1H2/t20-,23-,24-,25-,26-,27-,33-,65?;/m0./s1. The number of phenols is 1. The lowest BCUT2D eigenvalue weighted by molar-refractivity contribution is -0.140. The number of phenolic OH excluding ortho intramolecular Hbond substituents is 1. The number of nitrogens with one attached hydrogen (secondary N) is 7. The van der Waals surface area contributed by atoms with Crippen molar-refractivity contribution in [2.24, 2.45) is 23.1 Å². The highest BCUT2D eigenvalue weighted by molar-refractivity contribution is 7.85. The first-order chi connectivity index (χ1) is 30.5. The van der Waals surface area contributed by atoms with Crippen molar-refractivity contribution in [1.82, 2.24) is 42.1 Å². The first-order valence-electron chi connectivity index (χ1n) is 20.5. The summed E-state index contributed by atoms with van der Waals surface area (Å²) in [6.07, 6.45) is -2.38. The van der Waals surface area contributed by atoms with E-state index in [4.69, 9.17) is 17.2 Å². The molecule has 27 heteroatoms. The van der Waals surface area contributed by atoms with Crippen molar-refractivity contribution >= 4 is 75.8 Å². The summed E-state index contributed by atoms with van der Waals surface area (Å²) >= 11 is 0. The van der Waals surface area contributed by atoms with Crippen LogP contribution in [0.15, 0.2) is 24.3 Å². The van der Waals surface area contributed by atoms with E-state index in [1.165, 1.54) is 24.3 Å². The van der Waals surface area contributed by atoms with Crippen molar-refractivity contribution in [3.63, 3.8) is 0 Å². The minimum absolute atomic E-state index is 0. The molecule has 66 heavy (non-hydrogen) atoms. The number of carbonyl (C=O) groups is 11. The van der Waals surface area contributed by atoms with E-state index in [0.29, 0.717) is 12.0 Å². The first-order valence-corrected chi connectivity index (χ1v) is 21.9. The number of primary amides is 3. The molecule has 0 saturated carbocycles. The minimum Gasteiger partial charge on any atom is -0.508 e. The van der Waals surface area contributed by atoms with Gasteiger partial charge in [-0.15, -0.1) is 0 Å². The molecule has 368 valence electrons. The summed E-state index contributed by atoms with van der Waals surface area (Å²) in [5, 5.41) is 36.0. The molecule has 11 amide bonds. The van der Waals surface area contributed by atoms with E-state index in [1.807, 2.05) is 0 Å². The summed E-state index contributed by atoms with van der Waals surface area (Å²) in [7, 11) is -0.762. The smallest absolute Gasteiger partial charge is 0.245 e. The summed E-state index contributed by atoms with van der Waals surface area (Å²) in [5.74, 6) is -11.9. The molecule has 26 nitrogen and oxygen atoms in total. The second-order valence-corrected chi connectivity index (χ2v) is 17.0. The van der Waals surface area contributed by atoms with Gasteiger partial charge in [0, 0.05) is 48.6 Å². The summed E-state index contributed by atoms with van der Waals surface area (Å²) < 4.78 is 13.3. The zero-order valence-electron chi connectivity index (χ0n) is 36.7. The van der Waals surface area contributed by atoms with Crippen LogP contribution in [0, 0.1) is 5.92 Å². The number of aliphatic hydroxyl groups is 1. The molecule has 17 N–H and O–H groups in total. The Balaban J connectivity index is 0.0000218. The molecule has 1 unspecified atom stereocenters. The van der Waals surface area contributed by atoms with Gasteiger partial charge in [-0.1, -0.05) is 32.4 Å². The summed E-state index contributed by atoms with van der Waals surface area (Å²) in [6, 6.07) is -3.58. The van der Waals surface area contributed by atoms with Crippen LogP contribution < -0.4 is 54.4 Å². The van der Waals surface area contributed by atoms with Gasteiger partial charge in [-0.25, -0.2) is 0 Å². The minimum atomic E-state index is -1.89. The van der Waals surface area contributed by atoms with E-state index in [9.17, 15) is 67.2 Å². The number of nitrogens with two attached hydrogens (primary N) is 3. The van der Waals surface area contributed by atoms with Gasteiger partial charge >= 0.3 is 0 Å². The van der Waals surface area contributed by atoms with Gasteiger partial charge in [0.15, 0.2) is 0 Å². The Morgan fingerprint density at radius 3 is 2.02 bits per heavy atom. The van der Waals surface area contributed by atoms with E-state index in [1.54, 1.807) is 13.8 Å². The fourth-order valence-corrected chi connectivity index (χ4v) is 7.29. The van der Waals surface area contributed by atoms with E-state index in [2.05, 4.69) is 37.2 Å². The molecule has 0 aromatic heterocycles. The van der Waals surface area contributed by atoms with Gasteiger partial charge in [0.25, 0.3) is 0 Å². The van der Waals surface area contributed by atoms with Gasteiger partial charge in [-0.2, -0.15) is 0 Å². The third-order valence-electron chi connectivity index (χ3n) is 10.0. The number of carbonyl (C=O) groups excluding carboxylic acids is 11. The van der Waals surface area contributed by atoms with Gasteiger partial charge in [0.05, 0.1) is 26.1 Å². The molecule has 1 aromatic rings. The fourth-order valence-electron chi connectivity index (χ4n) is 6.18. The van der Waals surface area contributed by atoms with Gasteiger partial charge in [-0.05, 0) is 36.5 Å². The molecule has 0 spiro atoms. The Morgan fingerprint density at radius 2 is 1.44 bits per heavy atom. The predicted octanol–water partition coefficient (Wildman–Crippen LogP) is -7.20. The van der Waals surface area contributed by atoms with Crippen LogP contribution in [0.3, 0.4) is 0 Å². The molecular weight excluding hydrogens is 895 g/mol. The molecular formula is C39H61N11O15S. The summed E-state index contributed by atoms with van der Waals surface area (Å²) in [4.78, 5) is 144. The van der Waals surface area contributed by atoms with E-state index in [-0.39, 0.29) is 29.2 Å². The number of aromatic hydroxyl groups is 1. The molecule has 1 aromatic carbocycles. The van der Waals surface area contributed by atoms with Crippen molar-refractivity contribution in [3.05, 3.63) is 29.8 Å². The average Bonchev–Trinajstić information content (AvgIpc) is 3.24. The van der Waals surface area contributed by atoms with Crippen LogP contribution in [-0.4, -0.2) is 164 Å². The number of likely N-dealkylation sites (N-methyl/N-ethyl adjacent to an activating group) is 1.